The fraction of sp³-hybridized carbons (Fsp3) is 0.318. The summed E-state index contributed by atoms with van der Waals surface area (Å²) in [4.78, 5) is 0. The largest absolute Gasteiger partial charge is 0.497 e. The first-order valence-corrected chi connectivity index (χ1v) is 8.76. The zero-order valence-electron chi connectivity index (χ0n) is 15.0. The van der Waals surface area contributed by atoms with Crippen LogP contribution in [0.15, 0.2) is 48.5 Å². The van der Waals surface area contributed by atoms with Crippen LogP contribution in [0.4, 0.5) is 0 Å². The van der Waals surface area contributed by atoms with E-state index in [1.807, 2.05) is 54.6 Å². The third kappa shape index (κ3) is 6.00. The number of hydrogen-bond donors (Lipinski definition) is 0. The van der Waals surface area contributed by atoms with Gasteiger partial charge in [-0.05, 0) is 60.0 Å². The van der Waals surface area contributed by atoms with Gasteiger partial charge < -0.3 is 9.47 Å². The van der Waals surface area contributed by atoms with E-state index >= 15 is 0 Å². The van der Waals surface area contributed by atoms with Crippen molar-refractivity contribution in [1.29, 1.82) is 5.26 Å². The number of methoxy groups -OCH3 is 1. The van der Waals surface area contributed by atoms with Gasteiger partial charge in [0.25, 0.3) is 0 Å². The summed E-state index contributed by atoms with van der Waals surface area (Å²) in [5.74, 6) is 1.65. The fourth-order valence-corrected chi connectivity index (χ4v) is 2.50. The Kier molecular flexibility index (Phi) is 7.59. The van der Waals surface area contributed by atoms with Gasteiger partial charge in [-0.3, -0.25) is 0 Å². The molecule has 0 aliphatic rings. The number of unbranched alkanes of at least 4 members (excludes halogenated alkanes) is 3. The number of allylic oxidation sites excluding steroid dienone is 1. The highest BCUT2D eigenvalue weighted by Crippen LogP contribution is 2.22. The molecule has 3 nitrogen and oxygen atoms in total. The third-order valence-corrected chi connectivity index (χ3v) is 3.98. The van der Waals surface area contributed by atoms with E-state index in [4.69, 9.17) is 9.47 Å². The Morgan fingerprint density at radius 1 is 0.960 bits per heavy atom. The molecule has 2 aromatic carbocycles. The molecule has 0 saturated carbocycles. The first kappa shape index (κ1) is 18.6. The monoisotopic (exact) mass is 335 g/mol. The second-order valence-corrected chi connectivity index (χ2v) is 5.88. The van der Waals surface area contributed by atoms with Gasteiger partial charge in [0, 0.05) is 0 Å². The van der Waals surface area contributed by atoms with Crippen molar-refractivity contribution in [3.05, 3.63) is 59.7 Å². The molecular weight excluding hydrogens is 310 g/mol. The summed E-state index contributed by atoms with van der Waals surface area (Å²) in [6, 6.07) is 17.6. The first-order valence-electron chi connectivity index (χ1n) is 8.76. The SMILES string of the molecule is CCCCCCOc1ccc(/C=C(\C#N)c2ccc(OC)cc2)cc1. The first-order chi connectivity index (χ1) is 12.3. The molecule has 130 valence electrons. The summed E-state index contributed by atoms with van der Waals surface area (Å²) in [7, 11) is 1.63. The Morgan fingerprint density at radius 3 is 2.24 bits per heavy atom. The zero-order valence-corrected chi connectivity index (χ0v) is 15.0. The van der Waals surface area contributed by atoms with Crippen LogP contribution in [0, 0.1) is 11.3 Å². The molecule has 0 N–H and O–H groups in total. The van der Waals surface area contributed by atoms with Crippen molar-refractivity contribution in [1.82, 2.24) is 0 Å². The molecule has 0 spiro atoms. The summed E-state index contributed by atoms with van der Waals surface area (Å²) in [6.07, 6.45) is 6.68. The number of rotatable bonds is 9. The Morgan fingerprint density at radius 2 is 1.64 bits per heavy atom. The molecule has 0 saturated heterocycles. The van der Waals surface area contributed by atoms with Crippen molar-refractivity contribution in [2.45, 2.75) is 32.6 Å². The quantitative estimate of drug-likeness (QED) is 0.334. The highest BCUT2D eigenvalue weighted by molar-refractivity contribution is 5.89. The number of hydrogen-bond acceptors (Lipinski definition) is 3. The molecule has 2 rings (SSSR count). The number of ether oxygens (including phenoxy) is 2. The summed E-state index contributed by atoms with van der Waals surface area (Å²) in [5, 5.41) is 9.43. The van der Waals surface area contributed by atoms with E-state index < -0.39 is 0 Å². The highest BCUT2D eigenvalue weighted by atomic mass is 16.5. The third-order valence-electron chi connectivity index (χ3n) is 3.98. The molecule has 0 atom stereocenters. The molecule has 2 aromatic rings. The topological polar surface area (TPSA) is 42.2 Å². The Hall–Kier alpha value is -2.73. The lowest BCUT2D eigenvalue weighted by molar-refractivity contribution is 0.305. The normalized spacial score (nSPS) is 11.0. The summed E-state index contributed by atoms with van der Waals surface area (Å²) in [6.45, 7) is 2.96. The van der Waals surface area contributed by atoms with Crippen LogP contribution in [-0.2, 0) is 0 Å². The summed E-state index contributed by atoms with van der Waals surface area (Å²) < 4.78 is 10.9. The lowest BCUT2D eigenvalue weighted by atomic mass is 10.0. The van der Waals surface area contributed by atoms with Gasteiger partial charge in [0.2, 0.25) is 0 Å². The van der Waals surface area contributed by atoms with Crippen molar-refractivity contribution in [3.8, 4) is 17.6 Å². The summed E-state index contributed by atoms with van der Waals surface area (Å²) >= 11 is 0. The van der Waals surface area contributed by atoms with Gasteiger partial charge in [0.15, 0.2) is 0 Å². The second-order valence-electron chi connectivity index (χ2n) is 5.88. The van der Waals surface area contributed by atoms with Crippen LogP contribution in [0.1, 0.15) is 43.7 Å². The van der Waals surface area contributed by atoms with Gasteiger partial charge in [-0.25, -0.2) is 0 Å². The van der Waals surface area contributed by atoms with E-state index in [1.54, 1.807) is 7.11 Å². The predicted octanol–water partition coefficient (Wildman–Crippen LogP) is 5.72. The van der Waals surface area contributed by atoms with E-state index in [1.165, 1.54) is 19.3 Å². The molecule has 0 aliphatic carbocycles. The van der Waals surface area contributed by atoms with Crippen molar-refractivity contribution in [2.75, 3.05) is 13.7 Å². The van der Waals surface area contributed by atoms with Crippen LogP contribution in [0.3, 0.4) is 0 Å². The highest BCUT2D eigenvalue weighted by Gasteiger charge is 2.02. The molecule has 0 bridgehead atoms. The van der Waals surface area contributed by atoms with Gasteiger partial charge in [-0.15, -0.1) is 0 Å². The molecule has 0 amide bonds. The lowest BCUT2D eigenvalue weighted by Crippen LogP contribution is -1.96. The van der Waals surface area contributed by atoms with E-state index in [0.29, 0.717) is 5.57 Å². The molecule has 0 aromatic heterocycles. The Bertz CT molecular complexity index is 709. The summed E-state index contributed by atoms with van der Waals surface area (Å²) in [5.41, 5.74) is 2.47. The van der Waals surface area contributed by atoms with Crippen LogP contribution in [0.2, 0.25) is 0 Å². The van der Waals surface area contributed by atoms with Crippen LogP contribution in [0.5, 0.6) is 11.5 Å². The molecule has 25 heavy (non-hydrogen) atoms. The maximum absolute atomic E-state index is 9.43. The molecule has 0 aliphatic heterocycles. The molecule has 0 radical (unpaired) electrons. The number of nitriles is 1. The average Bonchev–Trinajstić information content (AvgIpc) is 2.67. The zero-order chi connectivity index (χ0) is 17.9. The minimum Gasteiger partial charge on any atom is -0.497 e. The van der Waals surface area contributed by atoms with Crippen molar-refractivity contribution in [2.24, 2.45) is 0 Å². The van der Waals surface area contributed by atoms with Crippen LogP contribution < -0.4 is 9.47 Å². The Labute approximate surface area is 150 Å². The van der Waals surface area contributed by atoms with E-state index in [2.05, 4.69) is 13.0 Å². The van der Waals surface area contributed by atoms with Crippen LogP contribution in [0.25, 0.3) is 11.6 Å². The maximum Gasteiger partial charge on any atom is 0.119 e. The lowest BCUT2D eigenvalue weighted by Gasteiger charge is -2.06. The van der Waals surface area contributed by atoms with Gasteiger partial charge >= 0.3 is 0 Å². The predicted molar refractivity (Wildman–Crippen MR) is 103 cm³/mol. The van der Waals surface area contributed by atoms with Crippen LogP contribution in [-0.4, -0.2) is 13.7 Å². The maximum atomic E-state index is 9.43. The molecule has 0 fully saturated rings. The van der Waals surface area contributed by atoms with E-state index in [-0.39, 0.29) is 0 Å². The molecule has 0 unspecified atom stereocenters. The van der Waals surface area contributed by atoms with Gasteiger partial charge in [0.05, 0.1) is 25.4 Å². The van der Waals surface area contributed by atoms with Gasteiger partial charge in [-0.1, -0.05) is 38.3 Å². The molecule has 3 heteroatoms. The average molecular weight is 335 g/mol. The smallest absolute Gasteiger partial charge is 0.119 e. The second kappa shape index (κ2) is 10.2. The van der Waals surface area contributed by atoms with Gasteiger partial charge in [0.1, 0.15) is 11.5 Å². The standard InChI is InChI=1S/C22H25NO2/c1-3-4-5-6-15-25-22-11-7-18(8-12-22)16-20(17-23)19-9-13-21(24-2)14-10-19/h7-14,16H,3-6,15H2,1-2H3/b20-16+. The fourth-order valence-electron chi connectivity index (χ4n) is 2.50. The van der Waals surface area contributed by atoms with E-state index in [0.717, 1.165) is 35.7 Å². The van der Waals surface area contributed by atoms with Crippen molar-refractivity contribution < 1.29 is 9.47 Å². The Balaban J connectivity index is 1.99. The number of nitrogens with zero attached hydrogens (tertiary/aromatic N) is 1. The van der Waals surface area contributed by atoms with Crippen LogP contribution >= 0.6 is 0 Å². The minimum absolute atomic E-state index is 0.621. The number of benzene rings is 2. The molecule has 0 heterocycles. The van der Waals surface area contributed by atoms with Gasteiger partial charge in [-0.2, -0.15) is 5.26 Å². The van der Waals surface area contributed by atoms with Crippen molar-refractivity contribution in [3.63, 3.8) is 0 Å². The van der Waals surface area contributed by atoms with Crippen molar-refractivity contribution >= 4 is 11.6 Å². The molecular formula is C22H25NO2. The minimum atomic E-state index is 0.621. The van der Waals surface area contributed by atoms with E-state index in [9.17, 15) is 5.26 Å².